The molecule has 4 nitrogen and oxygen atoms in total. The number of hydrogen-bond donors (Lipinski definition) is 1. The lowest BCUT2D eigenvalue weighted by atomic mass is 9.78. The maximum Gasteiger partial charge on any atom is 0.237 e. The molecule has 1 aliphatic carbocycles. The summed E-state index contributed by atoms with van der Waals surface area (Å²) in [6, 6.07) is 0.798. The van der Waals surface area contributed by atoms with Crippen LogP contribution in [-0.2, 0) is 4.79 Å². The van der Waals surface area contributed by atoms with Crippen molar-refractivity contribution in [2.45, 2.75) is 70.9 Å². The number of nitrogens with zero attached hydrogens (tertiary/aromatic N) is 2. The molecule has 0 bridgehead atoms. The molecule has 3 rings (SSSR count). The zero-order valence-corrected chi connectivity index (χ0v) is 15.6. The van der Waals surface area contributed by atoms with Gasteiger partial charge in [-0.05, 0) is 43.4 Å². The largest absolute Gasteiger partial charge is 0.338 e. The van der Waals surface area contributed by atoms with Crippen LogP contribution in [0.25, 0.3) is 0 Å². The van der Waals surface area contributed by atoms with Crippen molar-refractivity contribution in [3.8, 4) is 0 Å². The summed E-state index contributed by atoms with van der Waals surface area (Å²) >= 11 is 0. The first-order valence-corrected chi connectivity index (χ1v) is 9.25. The predicted molar refractivity (Wildman–Crippen MR) is 96.8 cm³/mol. The summed E-state index contributed by atoms with van der Waals surface area (Å²) in [6.07, 6.45) is 8.76. The SMILES string of the molecule is CC1(C)CN(CC(=O)N2CCCC3CCCCC32)CCC1N.Cl. The number of carbonyl (C=O) groups is 1. The quantitative estimate of drug-likeness (QED) is 0.838. The van der Waals surface area contributed by atoms with Gasteiger partial charge in [-0.25, -0.2) is 0 Å². The minimum Gasteiger partial charge on any atom is -0.338 e. The zero-order chi connectivity index (χ0) is 15.7. The highest BCUT2D eigenvalue weighted by atomic mass is 35.5. The van der Waals surface area contributed by atoms with E-state index >= 15 is 0 Å². The van der Waals surface area contributed by atoms with Crippen LogP contribution in [0.2, 0.25) is 0 Å². The summed E-state index contributed by atoms with van der Waals surface area (Å²) < 4.78 is 0. The molecule has 2 heterocycles. The van der Waals surface area contributed by atoms with Gasteiger partial charge in [-0.15, -0.1) is 12.4 Å². The molecule has 5 heteroatoms. The molecule has 1 saturated carbocycles. The van der Waals surface area contributed by atoms with Crippen LogP contribution >= 0.6 is 12.4 Å². The van der Waals surface area contributed by atoms with Gasteiger partial charge in [0.15, 0.2) is 0 Å². The highest BCUT2D eigenvalue weighted by molar-refractivity contribution is 5.85. The Kier molecular flexibility index (Phi) is 6.37. The van der Waals surface area contributed by atoms with E-state index in [0.29, 0.717) is 18.5 Å². The lowest BCUT2D eigenvalue weighted by molar-refractivity contribution is -0.139. The van der Waals surface area contributed by atoms with Gasteiger partial charge in [-0.3, -0.25) is 9.69 Å². The molecule has 3 aliphatic rings. The molecule has 1 amide bonds. The van der Waals surface area contributed by atoms with Crippen LogP contribution in [0.5, 0.6) is 0 Å². The Hall–Kier alpha value is -0.320. The Balaban J connectivity index is 0.00000192. The van der Waals surface area contributed by atoms with Gasteiger partial charge in [0, 0.05) is 31.7 Å². The maximum absolute atomic E-state index is 12.9. The number of likely N-dealkylation sites (tertiary alicyclic amines) is 2. The first kappa shape index (κ1) is 19.0. The molecule has 3 atom stereocenters. The van der Waals surface area contributed by atoms with Gasteiger partial charge >= 0.3 is 0 Å². The normalized spacial score (nSPS) is 34.4. The molecule has 0 radical (unpaired) electrons. The topological polar surface area (TPSA) is 49.6 Å². The van der Waals surface area contributed by atoms with Crippen molar-refractivity contribution in [3.63, 3.8) is 0 Å². The molecule has 0 aromatic rings. The molecule has 23 heavy (non-hydrogen) atoms. The van der Waals surface area contributed by atoms with Crippen molar-refractivity contribution in [3.05, 3.63) is 0 Å². The van der Waals surface area contributed by atoms with Crippen LogP contribution in [0, 0.1) is 11.3 Å². The zero-order valence-electron chi connectivity index (χ0n) is 14.8. The maximum atomic E-state index is 12.9. The molecule has 0 spiro atoms. The van der Waals surface area contributed by atoms with Crippen LogP contribution in [0.4, 0.5) is 0 Å². The Morgan fingerprint density at radius 2 is 1.78 bits per heavy atom. The molecule has 2 saturated heterocycles. The molecular weight excluding hydrogens is 310 g/mol. The molecule has 0 aromatic carbocycles. The van der Waals surface area contributed by atoms with Crippen molar-refractivity contribution in [2.75, 3.05) is 26.2 Å². The Morgan fingerprint density at radius 3 is 2.52 bits per heavy atom. The number of nitrogens with two attached hydrogens (primary N) is 1. The monoisotopic (exact) mass is 343 g/mol. The Labute approximate surface area is 147 Å². The standard InChI is InChI=1S/C18H33N3O.ClH/c1-18(2)13-20(11-9-16(18)19)12-17(22)21-10-5-7-14-6-3-4-8-15(14)21;/h14-16H,3-13,19H2,1-2H3;1H. The number of piperidine rings is 2. The van der Waals surface area contributed by atoms with E-state index in [-0.39, 0.29) is 23.9 Å². The van der Waals surface area contributed by atoms with E-state index < -0.39 is 0 Å². The van der Waals surface area contributed by atoms with E-state index in [4.69, 9.17) is 5.73 Å². The van der Waals surface area contributed by atoms with Gasteiger partial charge in [-0.2, -0.15) is 0 Å². The summed E-state index contributed by atoms with van der Waals surface area (Å²) in [7, 11) is 0. The first-order chi connectivity index (χ1) is 10.5. The van der Waals surface area contributed by atoms with Gasteiger partial charge in [-0.1, -0.05) is 26.7 Å². The second-order valence-electron chi connectivity index (χ2n) is 8.44. The van der Waals surface area contributed by atoms with Gasteiger partial charge in [0.1, 0.15) is 0 Å². The van der Waals surface area contributed by atoms with Crippen molar-refractivity contribution < 1.29 is 4.79 Å². The fraction of sp³-hybridized carbons (Fsp3) is 0.944. The molecule has 3 fully saturated rings. The smallest absolute Gasteiger partial charge is 0.237 e. The van der Waals surface area contributed by atoms with E-state index in [1.54, 1.807) is 0 Å². The van der Waals surface area contributed by atoms with Crippen LogP contribution in [0.3, 0.4) is 0 Å². The predicted octanol–water partition coefficient (Wildman–Crippen LogP) is 2.65. The number of fused-ring (bicyclic) bond motifs is 1. The summed E-state index contributed by atoms with van der Waals surface area (Å²) in [6.45, 7) is 7.95. The van der Waals surface area contributed by atoms with Crippen LogP contribution in [0.1, 0.15) is 58.8 Å². The summed E-state index contributed by atoms with van der Waals surface area (Å²) in [4.78, 5) is 17.4. The van der Waals surface area contributed by atoms with Crippen LogP contribution < -0.4 is 5.73 Å². The number of halogens is 1. The molecule has 2 N–H and O–H groups in total. The van der Waals surface area contributed by atoms with Crippen LogP contribution in [0.15, 0.2) is 0 Å². The fourth-order valence-electron chi connectivity index (χ4n) is 4.84. The van der Waals surface area contributed by atoms with Gasteiger partial charge in [0.05, 0.1) is 6.54 Å². The summed E-state index contributed by atoms with van der Waals surface area (Å²) in [5, 5.41) is 0. The molecule has 3 unspecified atom stereocenters. The average molecular weight is 344 g/mol. The van der Waals surface area contributed by atoms with E-state index in [2.05, 4.69) is 23.6 Å². The second kappa shape index (κ2) is 7.71. The minimum absolute atomic E-state index is 0. The number of rotatable bonds is 2. The first-order valence-electron chi connectivity index (χ1n) is 9.25. The highest BCUT2D eigenvalue weighted by Crippen LogP contribution is 2.35. The van der Waals surface area contributed by atoms with Crippen molar-refractivity contribution in [1.82, 2.24) is 9.80 Å². The van der Waals surface area contributed by atoms with Gasteiger partial charge in [0.2, 0.25) is 5.91 Å². The molecule has 2 aliphatic heterocycles. The minimum atomic E-state index is 0. The third kappa shape index (κ3) is 4.21. The summed E-state index contributed by atoms with van der Waals surface area (Å²) in [5.74, 6) is 1.14. The van der Waals surface area contributed by atoms with Crippen molar-refractivity contribution in [2.24, 2.45) is 17.1 Å². The van der Waals surface area contributed by atoms with Crippen molar-refractivity contribution >= 4 is 18.3 Å². The van der Waals surface area contributed by atoms with Crippen LogP contribution in [-0.4, -0.2) is 54.0 Å². The fourth-order valence-corrected chi connectivity index (χ4v) is 4.84. The lowest BCUT2D eigenvalue weighted by Gasteiger charge is -2.46. The Morgan fingerprint density at radius 1 is 1.09 bits per heavy atom. The number of carbonyl (C=O) groups excluding carboxylic acids is 1. The third-order valence-electron chi connectivity index (χ3n) is 6.31. The Bertz CT molecular complexity index is 413. The van der Waals surface area contributed by atoms with E-state index in [0.717, 1.165) is 32.0 Å². The van der Waals surface area contributed by atoms with Gasteiger partial charge < -0.3 is 10.6 Å². The molecular formula is C18H34ClN3O. The number of amides is 1. The third-order valence-corrected chi connectivity index (χ3v) is 6.31. The molecule has 134 valence electrons. The highest BCUT2D eigenvalue weighted by Gasteiger charge is 2.38. The second-order valence-corrected chi connectivity index (χ2v) is 8.44. The average Bonchev–Trinajstić information content (AvgIpc) is 2.50. The van der Waals surface area contributed by atoms with E-state index in [9.17, 15) is 4.79 Å². The summed E-state index contributed by atoms with van der Waals surface area (Å²) in [5.41, 5.74) is 6.33. The number of hydrogen-bond acceptors (Lipinski definition) is 3. The molecule has 0 aromatic heterocycles. The van der Waals surface area contributed by atoms with E-state index in [1.165, 1.54) is 38.5 Å². The van der Waals surface area contributed by atoms with Gasteiger partial charge in [0.25, 0.3) is 0 Å². The van der Waals surface area contributed by atoms with E-state index in [1.807, 2.05) is 0 Å². The van der Waals surface area contributed by atoms with Crippen molar-refractivity contribution in [1.29, 1.82) is 0 Å². The lowest BCUT2D eigenvalue weighted by Crippen LogP contribution is -2.56.